The molecule has 0 radical (unpaired) electrons. The van der Waals surface area contributed by atoms with E-state index in [0.717, 1.165) is 44.9 Å². The van der Waals surface area contributed by atoms with Gasteiger partial charge in [-0.25, -0.2) is 4.39 Å². The Bertz CT molecular complexity index is 774. The Hall–Kier alpha value is -0.970. The molecule has 0 amide bonds. The highest BCUT2D eigenvalue weighted by molar-refractivity contribution is 7.52. The van der Waals surface area contributed by atoms with Gasteiger partial charge in [0.1, 0.15) is 0 Å². The number of rotatable bonds is 17. The van der Waals surface area contributed by atoms with Gasteiger partial charge in [0.2, 0.25) is 5.82 Å². The molecular weight excluding hydrogens is 469 g/mol. The third-order valence-corrected chi connectivity index (χ3v) is 8.64. The molecular formula is C28H47F2O4P. The Labute approximate surface area is 211 Å². The van der Waals surface area contributed by atoms with Crippen molar-refractivity contribution in [3.63, 3.8) is 0 Å². The van der Waals surface area contributed by atoms with Gasteiger partial charge in [-0.3, -0.25) is 4.57 Å². The highest BCUT2D eigenvalue weighted by Crippen LogP contribution is 2.46. The Morgan fingerprint density at radius 3 is 2.03 bits per heavy atom. The topological polar surface area (TPSA) is 66.8 Å². The first-order chi connectivity index (χ1) is 16.8. The SMILES string of the molecule is CCCCCCCCCCC(Oc1ccc(C2CCC(CCCCC)CC2)c(F)c1F)P(=O)(O)O. The largest absolute Gasteiger partial charge is 0.475 e. The van der Waals surface area contributed by atoms with E-state index in [4.69, 9.17) is 4.74 Å². The van der Waals surface area contributed by atoms with Crippen LogP contribution < -0.4 is 4.74 Å². The second-order valence-corrected chi connectivity index (χ2v) is 12.2. The summed E-state index contributed by atoms with van der Waals surface area (Å²) in [7, 11) is -4.62. The molecule has 1 aliphatic rings. The van der Waals surface area contributed by atoms with Crippen LogP contribution in [-0.4, -0.2) is 15.6 Å². The lowest BCUT2D eigenvalue weighted by atomic mass is 9.77. The maximum Gasteiger partial charge on any atom is 0.365 e. The summed E-state index contributed by atoms with van der Waals surface area (Å²) in [6.07, 6.45) is 17.1. The maximum absolute atomic E-state index is 15.0. The molecule has 0 spiro atoms. The fraction of sp³-hybridized carbons (Fsp3) is 0.786. The Morgan fingerprint density at radius 2 is 1.43 bits per heavy atom. The van der Waals surface area contributed by atoms with Crippen molar-refractivity contribution >= 4 is 7.60 Å². The Kier molecular flexibility index (Phi) is 13.8. The highest BCUT2D eigenvalue weighted by Gasteiger charge is 2.33. The van der Waals surface area contributed by atoms with Crippen LogP contribution in [0.15, 0.2) is 12.1 Å². The van der Waals surface area contributed by atoms with E-state index in [1.165, 1.54) is 57.4 Å². The van der Waals surface area contributed by atoms with Crippen molar-refractivity contribution in [2.75, 3.05) is 0 Å². The summed E-state index contributed by atoms with van der Waals surface area (Å²) in [6.45, 7) is 4.37. The Morgan fingerprint density at radius 1 is 0.857 bits per heavy atom. The van der Waals surface area contributed by atoms with Gasteiger partial charge >= 0.3 is 7.60 Å². The van der Waals surface area contributed by atoms with Crippen LogP contribution >= 0.6 is 7.60 Å². The number of ether oxygens (including phenoxy) is 1. The molecule has 1 aromatic rings. The van der Waals surface area contributed by atoms with E-state index >= 15 is 0 Å². The van der Waals surface area contributed by atoms with Crippen LogP contribution in [0.5, 0.6) is 5.75 Å². The molecule has 35 heavy (non-hydrogen) atoms. The van der Waals surface area contributed by atoms with E-state index in [1.54, 1.807) is 6.07 Å². The van der Waals surface area contributed by atoms with Crippen LogP contribution in [0, 0.1) is 17.6 Å². The lowest BCUT2D eigenvalue weighted by Gasteiger charge is -2.29. The first-order valence-corrected chi connectivity index (χ1v) is 15.7. The van der Waals surface area contributed by atoms with E-state index in [2.05, 4.69) is 13.8 Å². The molecule has 0 aliphatic heterocycles. The van der Waals surface area contributed by atoms with Gasteiger partial charge in [-0.05, 0) is 62.0 Å². The van der Waals surface area contributed by atoms with Crippen molar-refractivity contribution in [1.29, 1.82) is 0 Å². The summed E-state index contributed by atoms with van der Waals surface area (Å²) >= 11 is 0. The number of halogens is 2. The van der Waals surface area contributed by atoms with Gasteiger partial charge in [0, 0.05) is 0 Å². The minimum atomic E-state index is -4.62. The van der Waals surface area contributed by atoms with Crippen molar-refractivity contribution < 1.29 is 27.9 Å². The summed E-state index contributed by atoms with van der Waals surface area (Å²) in [6, 6.07) is 2.89. The minimum Gasteiger partial charge on any atom is -0.475 e. The molecule has 0 saturated heterocycles. The van der Waals surface area contributed by atoms with Crippen molar-refractivity contribution in [3.05, 3.63) is 29.3 Å². The van der Waals surface area contributed by atoms with Crippen molar-refractivity contribution in [2.45, 2.75) is 135 Å². The number of unbranched alkanes of at least 4 members (excludes halogenated alkanes) is 9. The summed E-state index contributed by atoms with van der Waals surface area (Å²) in [5, 5.41) is 0. The van der Waals surface area contributed by atoms with Crippen LogP contribution in [0.3, 0.4) is 0 Å². The molecule has 1 atom stereocenters. The number of hydrogen-bond acceptors (Lipinski definition) is 2. The average Bonchev–Trinajstić information content (AvgIpc) is 2.83. The zero-order valence-electron chi connectivity index (χ0n) is 21.8. The predicted molar refractivity (Wildman–Crippen MR) is 139 cm³/mol. The summed E-state index contributed by atoms with van der Waals surface area (Å²) in [5.74, 6) is -3.28. The van der Waals surface area contributed by atoms with Gasteiger partial charge in [-0.2, -0.15) is 4.39 Å². The highest BCUT2D eigenvalue weighted by atomic mass is 31.2. The lowest BCUT2D eigenvalue weighted by Crippen LogP contribution is -2.19. The molecule has 1 aromatic carbocycles. The van der Waals surface area contributed by atoms with Crippen LogP contribution in [0.2, 0.25) is 0 Å². The van der Waals surface area contributed by atoms with Gasteiger partial charge in [-0.15, -0.1) is 0 Å². The zero-order chi connectivity index (χ0) is 25.7. The Balaban J connectivity index is 1.90. The van der Waals surface area contributed by atoms with Crippen molar-refractivity contribution in [2.24, 2.45) is 5.92 Å². The van der Waals surface area contributed by atoms with Gasteiger partial charge in [0.05, 0.1) is 0 Å². The maximum atomic E-state index is 15.0. The molecule has 1 aliphatic carbocycles. The van der Waals surface area contributed by atoms with Crippen LogP contribution in [-0.2, 0) is 4.57 Å². The van der Waals surface area contributed by atoms with Gasteiger partial charge in [0.15, 0.2) is 17.4 Å². The van der Waals surface area contributed by atoms with Crippen molar-refractivity contribution in [1.82, 2.24) is 0 Å². The molecule has 1 unspecified atom stereocenters. The van der Waals surface area contributed by atoms with Gasteiger partial charge in [0.25, 0.3) is 0 Å². The smallest absolute Gasteiger partial charge is 0.365 e. The number of hydrogen-bond donors (Lipinski definition) is 2. The molecule has 2 rings (SSSR count). The number of benzene rings is 1. The minimum absolute atomic E-state index is 0.0177. The van der Waals surface area contributed by atoms with E-state index in [-0.39, 0.29) is 12.3 Å². The van der Waals surface area contributed by atoms with E-state index in [0.29, 0.717) is 17.9 Å². The zero-order valence-corrected chi connectivity index (χ0v) is 22.7. The standard InChI is InChI=1S/C28H47F2O4P/c1-3-5-7-8-9-10-11-13-15-26(35(31,32)33)34-25-21-20-24(27(29)28(25)30)23-18-16-22(17-19-23)14-12-6-4-2/h20-23,26H,3-19H2,1-2H3,(H2,31,32,33). The summed E-state index contributed by atoms with van der Waals surface area (Å²) < 4.78 is 47.2. The van der Waals surface area contributed by atoms with Crippen molar-refractivity contribution in [3.8, 4) is 5.75 Å². The van der Waals surface area contributed by atoms with E-state index in [1.807, 2.05) is 0 Å². The van der Waals surface area contributed by atoms with Gasteiger partial charge < -0.3 is 14.5 Å². The van der Waals surface area contributed by atoms with Crippen LogP contribution in [0.25, 0.3) is 0 Å². The molecule has 4 nitrogen and oxygen atoms in total. The fourth-order valence-electron chi connectivity index (χ4n) is 5.29. The normalized spacial score (nSPS) is 19.6. The quantitative estimate of drug-likeness (QED) is 0.160. The van der Waals surface area contributed by atoms with Crippen LogP contribution in [0.4, 0.5) is 8.78 Å². The van der Waals surface area contributed by atoms with E-state index in [9.17, 15) is 23.1 Å². The molecule has 2 N–H and O–H groups in total. The van der Waals surface area contributed by atoms with E-state index < -0.39 is 30.8 Å². The third kappa shape index (κ3) is 10.5. The molecule has 0 heterocycles. The first kappa shape index (κ1) is 30.3. The second kappa shape index (κ2) is 16.0. The lowest BCUT2D eigenvalue weighted by molar-refractivity contribution is 0.201. The van der Waals surface area contributed by atoms with Crippen LogP contribution in [0.1, 0.15) is 134 Å². The molecule has 1 saturated carbocycles. The monoisotopic (exact) mass is 516 g/mol. The molecule has 0 bridgehead atoms. The summed E-state index contributed by atoms with van der Waals surface area (Å²) in [5.41, 5.74) is 0.359. The predicted octanol–water partition coefficient (Wildman–Crippen LogP) is 9.23. The summed E-state index contributed by atoms with van der Waals surface area (Å²) in [4.78, 5) is 19.5. The van der Waals surface area contributed by atoms with Gasteiger partial charge in [-0.1, -0.05) is 90.5 Å². The fourth-order valence-corrected chi connectivity index (χ4v) is 6.06. The first-order valence-electron chi connectivity index (χ1n) is 14.0. The molecule has 202 valence electrons. The second-order valence-electron chi connectivity index (χ2n) is 10.4. The third-order valence-electron chi connectivity index (χ3n) is 7.52. The molecule has 1 fully saturated rings. The average molecular weight is 517 g/mol. The molecule has 7 heteroatoms. The molecule has 0 aromatic heterocycles.